The van der Waals surface area contributed by atoms with Crippen molar-refractivity contribution in [2.24, 2.45) is 0 Å². The maximum absolute atomic E-state index is 13.9. The highest BCUT2D eigenvalue weighted by Crippen LogP contribution is 2.33. The summed E-state index contributed by atoms with van der Waals surface area (Å²) in [6, 6.07) is 14.4. The lowest BCUT2D eigenvalue weighted by atomic mass is 9.93. The monoisotopic (exact) mass is 416 g/mol. The molecule has 0 radical (unpaired) electrons. The summed E-state index contributed by atoms with van der Waals surface area (Å²) in [5.41, 5.74) is 1.31. The molecular weight excluding hydrogens is 395 g/mol. The van der Waals surface area contributed by atoms with Crippen molar-refractivity contribution in [3.8, 4) is 11.5 Å². The first-order valence-electron chi connectivity index (χ1n) is 8.96. The highest BCUT2D eigenvalue weighted by molar-refractivity contribution is 7.86. The molecule has 3 aromatic rings. The average molecular weight is 416 g/mol. The zero-order valence-electron chi connectivity index (χ0n) is 15.7. The molecule has 0 unspecified atom stereocenters. The second-order valence-electron chi connectivity index (χ2n) is 6.59. The van der Waals surface area contributed by atoms with Crippen LogP contribution in [0.25, 0.3) is 0 Å². The summed E-state index contributed by atoms with van der Waals surface area (Å²) in [5.74, 6) is 0.0980. The summed E-state index contributed by atoms with van der Waals surface area (Å²) in [7, 11) is -4.41. The smallest absolute Gasteiger partial charge is 0.298 e. The highest BCUT2D eigenvalue weighted by Gasteiger charge is 2.23. The lowest BCUT2D eigenvalue weighted by Crippen LogP contribution is -2.40. The lowest BCUT2D eigenvalue weighted by Gasteiger charge is -2.28. The topological polar surface area (TPSA) is 88.5 Å². The minimum atomic E-state index is -4.41. The van der Waals surface area contributed by atoms with Crippen LogP contribution in [0.1, 0.15) is 17.0 Å². The fourth-order valence-corrected chi connectivity index (χ4v) is 3.35. The van der Waals surface area contributed by atoms with Crippen LogP contribution in [0, 0.1) is 12.7 Å². The molecule has 6 nitrogen and oxygen atoms in total. The van der Waals surface area contributed by atoms with Gasteiger partial charge in [-0.05, 0) is 60.5 Å². The molecule has 1 aromatic heterocycles. The number of nitrogens with one attached hydrogen (secondary N) is 1. The summed E-state index contributed by atoms with van der Waals surface area (Å²) >= 11 is 0. The second kappa shape index (κ2) is 9.13. The molecule has 0 saturated carbocycles. The first-order chi connectivity index (χ1) is 13.8. The molecule has 8 heteroatoms. The summed E-state index contributed by atoms with van der Waals surface area (Å²) in [5, 5.41) is 3.07. The van der Waals surface area contributed by atoms with E-state index >= 15 is 0 Å². The van der Waals surface area contributed by atoms with E-state index in [1.54, 1.807) is 31.5 Å². The van der Waals surface area contributed by atoms with Crippen LogP contribution < -0.4 is 10.1 Å². The van der Waals surface area contributed by atoms with Gasteiger partial charge in [0.05, 0.1) is 0 Å². The van der Waals surface area contributed by atoms with Crippen molar-refractivity contribution in [1.29, 1.82) is 0 Å². The van der Waals surface area contributed by atoms with E-state index in [2.05, 4.69) is 10.3 Å². The van der Waals surface area contributed by atoms with Gasteiger partial charge in [-0.3, -0.25) is 9.54 Å². The quantitative estimate of drug-likeness (QED) is 0.627. The number of hydrogen-bond acceptors (Lipinski definition) is 5. The molecule has 2 aromatic carbocycles. The van der Waals surface area contributed by atoms with Gasteiger partial charge in [-0.25, -0.2) is 4.39 Å². The van der Waals surface area contributed by atoms with Crippen molar-refractivity contribution in [2.75, 3.05) is 13.1 Å². The van der Waals surface area contributed by atoms with Gasteiger partial charge in [0, 0.05) is 31.4 Å². The van der Waals surface area contributed by atoms with Crippen LogP contribution in [0.4, 0.5) is 4.39 Å². The molecule has 152 valence electrons. The number of aryl methyl sites for hydroxylation is 1. The normalized spacial score (nSPS) is 13.8. The average Bonchev–Trinajstić information content (AvgIpc) is 2.64. The number of rotatable bonds is 4. The van der Waals surface area contributed by atoms with Crippen molar-refractivity contribution in [3.63, 3.8) is 0 Å². The Morgan fingerprint density at radius 2 is 1.83 bits per heavy atom. The Labute approximate surface area is 169 Å². The summed E-state index contributed by atoms with van der Waals surface area (Å²) in [4.78, 5) is 3.46. The third-order valence-electron chi connectivity index (χ3n) is 4.36. The van der Waals surface area contributed by atoms with Gasteiger partial charge in [-0.15, -0.1) is 0 Å². The number of benzene rings is 2. The number of ether oxygens (including phenoxy) is 1. The third-order valence-corrected chi connectivity index (χ3v) is 5.25. The van der Waals surface area contributed by atoms with E-state index in [1.807, 2.05) is 18.2 Å². The number of pyridine rings is 1. The van der Waals surface area contributed by atoms with Gasteiger partial charge < -0.3 is 10.1 Å². The molecule has 2 heterocycles. The molecule has 0 bridgehead atoms. The minimum absolute atomic E-state index is 0.0109. The SMILES string of the molecule is Cc1ccc(S(=O)(=O)O)c(Oc2ccc(F)c(C3CNC3)c2)c1.c1ccncc1. The lowest BCUT2D eigenvalue weighted by molar-refractivity contribution is 0.422. The van der Waals surface area contributed by atoms with E-state index in [0.717, 1.165) is 5.56 Å². The zero-order valence-corrected chi connectivity index (χ0v) is 16.6. The molecule has 0 aliphatic carbocycles. The highest BCUT2D eigenvalue weighted by atomic mass is 32.2. The Morgan fingerprint density at radius 3 is 2.34 bits per heavy atom. The zero-order chi connectivity index (χ0) is 20.9. The van der Waals surface area contributed by atoms with Crippen LogP contribution in [0.3, 0.4) is 0 Å². The first-order valence-corrected chi connectivity index (χ1v) is 10.4. The molecule has 2 N–H and O–H groups in total. The van der Waals surface area contributed by atoms with Crippen LogP contribution in [-0.4, -0.2) is 31.0 Å². The molecular formula is C21H21FN2O4S. The van der Waals surface area contributed by atoms with Gasteiger partial charge in [0.2, 0.25) is 0 Å². The third kappa shape index (κ3) is 5.60. The maximum Gasteiger partial charge on any atom is 0.298 e. The van der Waals surface area contributed by atoms with Gasteiger partial charge in [0.15, 0.2) is 0 Å². The van der Waals surface area contributed by atoms with Crippen LogP contribution in [0.2, 0.25) is 0 Å². The molecule has 4 rings (SSSR count). The fourth-order valence-electron chi connectivity index (χ4n) is 2.75. The molecule has 1 saturated heterocycles. The predicted molar refractivity (Wildman–Crippen MR) is 107 cm³/mol. The molecule has 0 amide bonds. The number of nitrogens with zero attached hydrogens (tertiary/aromatic N) is 1. The fraction of sp³-hybridized carbons (Fsp3) is 0.190. The van der Waals surface area contributed by atoms with Crippen LogP contribution in [0.5, 0.6) is 11.5 Å². The van der Waals surface area contributed by atoms with Crippen molar-refractivity contribution in [1.82, 2.24) is 10.3 Å². The van der Waals surface area contributed by atoms with Gasteiger partial charge in [0.1, 0.15) is 22.2 Å². The summed E-state index contributed by atoms with van der Waals surface area (Å²) < 4.78 is 51.7. The van der Waals surface area contributed by atoms with E-state index in [0.29, 0.717) is 24.4 Å². The second-order valence-corrected chi connectivity index (χ2v) is 7.98. The molecule has 1 aliphatic rings. The van der Waals surface area contributed by atoms with Crippen LogP contribution in [0.15, 0.2) is 71.9 Å². The van der Waals surface area contributed by atoms with Crippen molar-refractivity contribution in [2.45, 2.75) is 17.7 Å². The molecule has 0 atom stereocenters. The Balaban J connectivity index is 0.000000343. The summed E-state index contributed by atoms with van der Waals surface area (Å²) in [6.07, 6.45) is 3.50. The number of halogens is 1. The molecule has 29 heavy (non-hydrogen) atoms. The number of hydrogen-bond donors (Lipinski definition) is 2. The van der Waals surface area contributed by atoms with E-state index in [4.69, 9.17) is 4.74 Å². The largest absolute Gasteiger partial charge is 0.456 e. The molecule has 0 spiro atoms. The Hall–Kier alpha value is -2.81. The van der Waals surface area contributed by atoms with Crippen molar-refractivity contribution < 1.29 is 22.1 Å². The molecule has 1 aliphatic heterocycles. The predicted octanol–water partition coefficient (Wildman–Crippen LogP) is 3.94. The van der Waals surface area contributed by atoms with Gasteiger partial charge >= 0.3 is 0 Å². The Kier molecular flexibility index (Phi) is 6.58. The standard InChI is InChI=1S/C16H16FNO4S.C5H5N/c1-10-2-5-16(23(19,20)21)15(6-10)22-12-3-4-14(17)13(7-12)11-8-18-9-11;1-2-4-6-5-3-1/h2-7,11,18H,8-9H2,1H3,(H,19,20,21);1-5H. The van der Waals surface area contributed by atoms with Crippen LogP contribution in [-0.2, 0) is 10.1 Å². The summed E-state index contributed by atoms with van der Waals surface area (Å²) in [6.45, 7) is 3.17. The molecule has 1 fully saturated rings. The van der Waals surface area contributed by atoms with Gasteiger partial charge in [-0.2, -0.15) is 8.42 Å². The van der Waals surface area contributed by atoms with E-state index < -0.39 is 10.1 Å². The van der Waals surface area contributed by atoms with Gasteiger partial charge in [-0.1, -0.05) is 12.1 Å². The Morgan fingerprint density at radius 1 is 1.10 bits per heavy atom. The van der Waals surface area contributed by atoms with Crippen molar-refractivity contribution >= 4 is 10.1 Å². The van der Waals surface area contributed by atoms with Gasteiger partial charge in [0.25, 0.3) is 10.1 Å². The van der Waals surface area contributed by atoms with Crippen LogP contribution >= 0.6 is 0 Å². The maximum atomic E-state index is 13.9. The van der Waals surface area contributed by atoms with E-state index in [9.17, 15) is 17.4 Å². The minimum Gasteiger partial charge on any atom is -0.456 e. The Bertz CT molecular complexity index is 1040. The van der Waals surface area contributed by atoms with E-state index in [-0.39, 0.29) is 22.4 Å². The van der Waals surface area contributed by atoms with E-state index in [1.165, 1.54) is 24.3 Å². The first kappa shape index (κ1) is 20.9. The number of aromatic nitrogens is 1. The van der Waals surface area contributed by atoms with Crippen molar-refractivity contribution in [3.05, 3.63) is 83.9 Å².